The molecular weight excluding hydrogens is 208 g/mol. The number of hydrogen-bond donors (Lipinski definition) is 1. The molecule has 0 aromatic heterocycles. The summed E-state index contributed by atoms with van der Waals surface area (Å²) in [6.07, 6.45) is 4.15. The molecule has 1 saturated heterocycles. The third-order valence-corrected chi connectivity index (χ3v) is 5.16. The van der Waals surface area contributed by atoms with Crippen molar-refractivity contribution in [3.63, 3.8) is 0 Å². The molecule has 2 aliphatic rings. The van der Waals surface area contributed by atoms with Crippen LogP contribution in [-0.2, 0) is 0 Å². The number of hydrogen-bond acceptors (Lipinski definition) is 2. The van der Waals surface area contributed by atoms with Crippen LogP contribution in [0.5, 0.6) is 0 Å². The maximum absolute atomic E-state index is 3.80. The molecule has 0 bridgehead atoms. The summed E-state index contributed by atoms with van der Waals surface area (Å²) < 4.78 is 0. The first kappa shape index (κ1) is 13.4. The van der Waals surface area contributed by atoms with Gasteiger partial charge < -0.3 is 5.32 Å². The van der Waals surface area contributed by atoms with Gasteiger partial charge >= 0.3 is 0 Å². The molecule has 3 unspecified atom stereocenters. The molecule has 1 aliphatic carbocycles. The summed E-state index contributed by atoms with van der Waals surface area (Å²) in [4.78, 5) is 2.81. The second-order valence-corrected chi connectivity index (χ2v) is 6.77. The molecule has 2 rings (SSSR count). The largest absolute Gasteiger partial charge is 0.311 e. The van der Waals surface area contributed by atoms with E-state index in [1.807, 2.05) is 0 Å². The normalized spacial score (nSPS) is 37.4. The number of nitrogens with one attached hydrogen (secondary N) is 1. The molecule has 0 aromatic rings. The first-order valence-electron chi connectivity index (χ1n) is 7.49. The molecule has 17 heavy (non-hydrogen) atoms. The van der Waals surface area contributed by atoms with Gasteiger partial charge in [-0.2, -0.15) is 0 Å². The van der Waals surface area contributed by atoms with Gasteiger partial charge in [0.25, 0.3) is 0 Å². The molecule has 2 heteroatoms. The van der Waals surface area contributed by atoms with Gasteiger partial charge in [-0.3, -0.25) is 4.90 Å². The molecule has 1 N–H and O–H groups in total. The van der Waals surface area contributed by atoms with Crippen molar-refractivity contribution in [2.75, 3.05) is 13.1 Å². The van der Waals surface area contributed by atoms with Gasteiger partial charge in [0.1, 0.15) is 0 Å². The third kappa shape index (κ3) is 2.53. The van der Waals surface area contributed by atoms with E-state index in [0.717, 1.165) is 17.9 Å². The van der Waals surface area contributed by atoms with Gasteiger partial charge in [0.05, 0.1) is 0 Å². The summed E-state index contributed by atoms with van der Waals surface area (Å²) in [5, 5.41) is 3.80. The fraction of sp³-hybridized carbons (Fsp3) is 1.00. The van der Waals surface area contributed by atoms with Crippen LogP contribution >= 0.6 is 0 Å². The lowest BCUT2D eigenvalue weighted by Crippen LogP contribution is -2.67. The van der Waals surface area contributed by atoms with Crippen LogP contribution in [0.4, 0.5) is 0 Å². The Hall–Kier alpha value is -0.0800. The van der Waals surface area contributed by atoms with Gasteiger partial charge in [0.15, 0.2) is 0 Å². The first-order chi connectivity index (χ1) is 7.99. The Bertz CT molecular complexity index is 260. The summed E-state index contributed by atoms with van der Waals surface area (Å²) in [7, 11) is 0. The lowest BCUT2D eigenvalue weighted by Gasteiger charge is -2.52. The molecule has 1 heterocycles. The Balaban J connectivity index is 2.12. The van der Waals surface area contributed by atoms with Crippen LogP contribution < -0.4 is 5.32 Å². The van der Waals surface area contributed by atoms with Gasteiger partial charge in [0.2, 0.25) is 0 Å². The van der Waals surface area contributed by atoms with E-state index in [0.29, 0.717) is 11.6 Å². The van der Waals surface area contributed by atoms with Crippen molar-refractivity contribution in [1.82, 2.24) is 10.2 Å². The first-order valence-corrected chi connectivity index (χ1v) is 7.49. The van der Waals surface area contributed by atoms with E-state index in [-0.39, 0.29) is 0 Å². The fourth-order valence-corrected chi connectivity index (χ4v) is 3.36. The Labute approximate surface area is 107 Å². The Morgan fingerprint density at radius 3 is 2.41 bits per heavy atom. The van der Waals surface area contributed by atoms with Gasteiger partial charge in [-0.25, -0.2) is 0 Å². The van der Waals surface area contributed by atoms with Crippen molar-refractivity contribution in [1.29, 1.82) is 0 Å². The van der Waals surface area contributed by atoms with Gasteiger partial charge in [-0.05, 0) is 44.9 Å². The highest BCUT2D eigenvalue weighted by Crippen LogP contribution is 2.45. The second kappa shape index (κ2) is 4.89. The predicted molar refractivity (Wildman–Crippen MR) is 74.2 cm³/mol. The molecule has 1 saturated carbocycles. The predicted octanol–water partition coefficient (Wildman–Crippen LogP) is 2.88. The van der Waals surface area contributed by atoms with Crippen LogP contribution in [0.2, 0.25) is 0 Å². The number of piperazine rings is 1. The lowest BCUT2D eigenvalue weighted by molar-refractivity contribution is -0.00524. The molecule has 2 fully saturated rings. The molecule has 1 aliphatic heterocycles. The third-order valence-electron chi connectivity index (χ3n) is 5.16. The van der Waals surface area contributed by atoms with E-state index in [4.69, 9.17) is 0 Å². The zero-order chi connectivity index (χ0) is 12.6. The van der Waals surface area contributed by atoms with E-state index < -0.39 is 0 Å². The zero-order valence-electron chi connectivity index (χ0n) is 12.3. The van der Waals surface area contributed by atoms with Gasteiger partial charge in [-0.15, -0.1) is 0 Å². The minimum absolute atomic E-state index is 0.417. The van der Waals surface area contributed by atoms with Crippen LogP contribution in [-0.4, -0.2) is 35.6 Å². The smallest absolute Gasteiger partial charge is 0.0337 e. The Kier molecular flexibility index (Phi) is 3.84. The Morgan fingerprint density at radius 1 is 1.29 bits per heavy atom. The van der Waals surface area contributed by atoms with E-state index in [1.54, 1.807) is 0 Å². The van der Waals surface area contributed by atoms with Crippen LogP contribution in [0, 0.1) is 11.8 Å². The maximum Gasteiger partial charge on any atom is 0.0337 e. The second-order valence-electron chi connectivity index (χ2n) is 6.77. The van der Waals surface area contributed by atoms with Crippen LogP contribution in [0.3, 0.4) is 0 Å². The van der Waals surface area contributed by atoms with Gasteiger partial charge in [-0.1, -0.05) is 20.8 Å². The van der Waals surface area contributed by atoms with Gasteiger partial charge in [0, 0.05) is 30.7 Å². The summed E-state index contributed by atoms with van der Waals surface area (Å²) in [6.45, 7) is 14.3. The minimum Gasteiger partial charge on any atom is -0.311 e. The molecule has 100 valence electrons. The summed E-state index contributed by atoms with van der Waals surface area (Å²) in [5.41, 5.74) is 0.417. The highest BCUT2D eigenvalue weighted by atomic mass is 15.3. The minimum atomic E-state index is 0.417. The highest BCUT2D eigenvalue weighted by molar-refractivity contribution is 5.06. The van der Waals surface area contributed by atoms with Crippen LogP contribution in [0.15, 0.2) is 0 Å². The average molecular weight is 238 g/mol. The molecule has 0 spiro atoms. The quantitative estimate of drug-likeness (QED) is 0.810. The molecule has 2 nitrogen and oxygen atoms in total. The fourth-order valence-electron chi connectivity index (χ4n) is 3.36. The maximum atomic E-state index is 3.80. The zero-order valence-corrected chi connectivity index (χ0v) is 12.3. The molecule has 0 radical (unpaired) electrons. The summed E-state index contributed by atoms with van der Waals surface area (Å²) in [5.74, 6) is 1.68. The van der Waals surface area contributed by atoms with E-state index >= 15 is 0 Å². The van der Waals surface area contributed by atoms with Crippen molar-refractivity contribution in [3.05, 3.63) is 0 Å². The van der Waals surface area contributed by atoms with Crippen molar-refractivity contribution in [2.45, 2.75) is 71.5 Å². The summed E-state index contributed by atoms with van der Waals surface area (Å²) >= 11 is 0. The van der Waals surface area contributed by atoms with Crippen molar-refractivity contribution in [2.24, 2.45) is 11.8 Å². The number of rotatable bonds is 4. The standard InChI is InChI=1S/C15H30N2/c1-6-12(4)17-9-14(11(2)3)16-10-15(17,5)13-7-8-13/h11-14,16H,6-10H2,1-5H3. The molecule has 0 aromatic carbocycles. The van der Waals surface area contributed by atoms with Crippen molar-refractivity contribution in [3.8, 4) is 0 Å². The topological polar surface area (TPSA) is 15.3 Å². The average Bonchev–Trinajstić information content (AvgIpc) is 3.12. The molecule has 0 amide bonds. The van der Waals surface area contributed by atoms with Crippen LogP contribution in [0.25, 0.3) is 0 Å². The lowest BCUT2D eigenvalue weighted by atomic mass is 9.85. The SMILES string of the molecule is CCC(C)N1CC(C(C)C)NCC1(C)C1CC1. The Morgan fingerprint density at radius 2 is 1.94 bits per heavy atom. The van der Waals surface area contributed by atoms with E-state index in [1.165, 1.54) is 32.4 Å². The monoisotopic (exact) mass is 238 g/mol. The highest BCUT2D eigenvalue weighted by Gasteiger charge is 2.49. The van der Waals surface area contributed by atoms with Crippen molar-refractivity contribution < 1.29 is 0 Å². The summed E-state index contributed by atoms with van der Waals surface area (Å²) in [6, 6.07) is 1.40. The molecular formula is C15H30N2. The van der Waals surface area contributed by atoms with Crippen molar-refractivity contribution >= 4 is 0 Å². The number of nitrogens with zero attached hydrogens (tertiary/aromatic N) is 1. The molecule has 3 atom stereocenters. The van der Waals surface area contributed by atoms with Crippen LogP contribution in [0.1, 0.15) is 53.9 Å². The van der Waals surface area contributed by atoms with E-state index in [9.17, 15) is 0 Å². The van der Waals surface area contributed by atoms with E-state index in [2.05, 4.69) is 44.8 Å².